The van der Waals surface area contributed by atoms with E-state index in [-0.39, 0.29) is 6.42 Å². The molecule has 4 rings (SSSR count). The van der Waals surface area contributed by atoms with Crippen molar-refractivity contribution >= 4 is 22.6 Å². The first-order valence-electron chi connectivity index (χ1n) is 11.8. The Labute approximate surface area is 205 Å². The van der Waals surface area contributed by atoms with E-state index in [1.807, 2.05) is 25.1 Å². The number of fused-ring (bicyclic) bond motifs is 1. The highest BCUT2D eigenvalue weighted by Crippen LogP contribution is 2.32. The van der Waals surface area contributed by atoms with E-state index in [1.165, 1.54) is 28.5 Å². The third-order valence-corrected chi connectivity index (χ3v) is 5.92. The molecule has 1 aromatic heterocycles. The molecule has 0 aliphatic rings. The Bertz CT molecular complexity index is 1300. The number of hydrogen-bond donors (Lipinski definition) is 2. The van der Waals surface area contributed by atoms with Crippen LogP contribution < -0.4 is 10.1 Å². The highest BCUT2D eigenvalue weighted by molar-refractivity contribution is 5.87. The Morgan fingerprint density at radius 3 is 2.57 bits per heavy atom. The Morgan fingerprint density at radius 1 is 1.03 bits per heavy atom. The monoisotopic (exact) mass is 473 g/mol. The van der Waals surface area contributed by atoms with Crippen LogP contribution in [0.25, 0.3) is 22.1 Å². The Kier molecular flexibility index (Phi) is 7.73. The highest BCUT2D eigenvalue weighted by Gasteiger charge is 2.11. The number of hydrogen-bond acceptors (Lipinski definition) is 5. The number of aliphatic carboxylic acids is 1. The van der Waals surface area contributed by atoms with Crippen LogP contribution in [0.1, 0.15) is 29.2 Å². The molecule has 0 radical (unpaired) electrons. The minimum Gasteiger partial charge on any atom is -0.491 e. The lowest BCUT2D eigenvalue weighted by atomic mass is 9.94. The van der Waals surface area contributed by atoms with Gasteiger partial charge in [0.1, 0.15) is 17.9 Å². The van der Waals surface area contributed by atoms with Crippen molar-refractivity contribution in [1.82, 2.24) is 0 Å². The maximum atomic E-state index is 11.0. The summed E-state index contributed by atoms with van der Waals surface area (Å²) in [6, 6.07) is 18.4. The molecule has 0 bridgehead atoms. The molecule has 1 heterocycles. The van der Waals surface area contributed by atoms with Crippen molar-refractivity contribution in [2.45, 2.75) is 33.7 Å². The second-order valence-electron chi connectivity index (χ2n) is 8.57. The molecular weight excluding hydrogens is 442 g/mol. The smallest absolute Gasteiger partial charge is 0.307 e. The normalized spacial score (nSPS) is 11.1. The molecule has 182 valence electrons. The summed E-state index contributed by atoms with van der Waals surface area (Å²) in [7, 11) is 0. The van der Waals surface area contributed by atoms with E-state index in [0.717, 1.165) is 22.4 Å². The molecule has 0 amide bonds. The van der Waals surface area contributed by atoms with Crippen molar-refractivity contribution < 1.29 is 23.8 Å². The van der Waals surface area contributed by atoms with Gasteiger partial charge >= 0.3 is 5.97 Å². The second-order valence-corrected chi connectivity index (χ2v) is 8.57. The number of rotatable bonds is 11. The SMILES string of the molecule is CCOCCOc1cc(C)c(-c2cccc(CNc3ccc4c(CC(=O)O)coc4c3)c2)c(C)c1. The minimum atomic E-state index is -0.871. The molecule has 35 heavy (non-hydrogen) atoms. The number of carbonyl (C=O) groups is 1. The molecule has 6 nitrogen and oxygen atoms in total. The van der Waals surface area contributed by atoms with Gasteiger partial charge in [0.25, 0.3) is 0 Å². The van der Waals surface area contributed by atoms with Gasteiger partial charge in [-0.15, -0.1) is 0 Å². The molecule has 0 aliphatic carbocycles. The molecule has 0 aliphatic heterocycles. The zero-order chi connectivity index (χ0) is 24.8. The molecule has 0 saturated carbocycles. The van der Waals surface area contributed by atoms with Crippen molar-refractivity contribution in [1.29, 1.82) is 0 Å². The lowest BCUT2D eigenvalue weighted by molar-refractivity contribution is -0.136. The third-order valence-electron chi connectivity index (χ3n) is 5.92. The van der Waals surface area contributed by atoms with Crippen LogP contribution in [0.4, 0.5) is 5.69 Å². The number of furan rings is 1. The topological polar surface area (TPSA) is 80.9 Å². The first-order chi connectivity index (χ1) is 16.9. The average Bonchev–Trinajstić information content (AvgIpc) is 3.22. The van der Waals surface area contributed by atoms with Crippen LogP contribution in [-0.2, 0) is 22.5 Å². The average molecular weight is 474 g/mol. The number of carboxylic acids is 1. The fourth-order valence-electron chi connectivity index (χ4n) is 4.36. The van der Waals surface area contributed by atoms with E-state index in [9.17, 15) is 4.79 Å². The van der Waals surface area contributed by atoms with Gasteiger partial charge < -0.3 is 24.3 Å². The highest BCUT2D eigenvalue weighted by atomic mass is 16.5. The zero-order valence-electron chi connectivity index (χ0n) is 20.4. The van der Waals surface area contributed by atoms with Crippen LogP contribution in [0.2, 0.25) is 0 Å². The second kappa shape index (κ2) is 11.1. The van der Waals surface area contributed by atoms with E-state index in [4.69, 9.17) is 19.0 Å². The van der Waals surface area contributed by atoms with Crippen LogP contribution in [0.5, 0.6) is 5.75 Å². The summed E-state index contributed by atoms with van der Waals surface area (Å²) in [4.78, 5) is 11.0. The first kappa shape index (κ1) is 24.4. The molecule has 6 heteroatoms. The van der Waals surface area contributed by atoms with Crippen molar-refractivity contribution in [3.05, 3.63) is 83.1 Å². The predicted octanol–water partition coefficient (Wildman–Crippen LogP) is 6.37. The summed E-state index contributed by atoms with van der Waals surface area (Å²) < 4.78 is 16.8. The molecule has 0 unspecified atom stereocenters. The van der Waals surface area contributed by atoms with Gasteiger partial charge in [-0.1, -0.05) is 18.2 Å². The van der Waals surface area contributed by atoms with Gasteiger partial charge in [-0.3, -0.25) is 4.79 Å². The summed E-state index contributed by atoms with van der Waals surface area (Å²) in [5.41, 5.74) is 8.15. The minimum absolute atomic E-state index is 0.0498. The summed E-state index contributed by atoms with van der Waals surface area (Å²) in [5.74, 6) is -0.00917. The molecule has 0 saturated heterocycles. The van der Waals surface area contributed by atoms with E-state index in [1.54, 1.807) is 0 Å². The lowest BCUT2D eigenvalue weighted by Crippen LogP contribution is -2.06. The van der Waals surface area contributed by atoms with Crippen molar-refractivity contribution in [2.75, 3.05) is 25.1 Å². The van der Waals surface area contributed by atoms with Crippen LogP contribution in [0, 0.1) is 13.8 Å². The van der Waals surface area contributed by atoms with Crippen LogP contribution >= 0.6 is 0 Å². The number of benzene rings is 3. The fraction of sp³-hybridized carbons (Fsp3) is 0.276. The van der Waals surface area contributed by atoms with Gasteiger partial charge in [0.05, 0.1) is 19.3 Å². The van der Waals surface area contributed by atoms with Gasteiger partial charge in [0.2, 0.25) is 0 Å². The Morgan fingerprint density at radius 2 is 1.83 bits per heavy atom. The van der Waals surface area contributed by atoms with Crippen LogP contribution in [-0.4, -0.2) is 30.9 Å². The number of anilines is 1. The number of ether oxygens (including phenoxy) is 2. The lowest BCUT2D eigenvalue weighted by Gasteiger charge is -2.15. The Hall–Kier alpha value is -3.77. The molecule has 0 fully saturated rings. The van der Waals surface area contributed by atoms with Gasteiger partial charge in [0.15, 0.2) is 0 Å². The first-order valence-corrected chi connectivity index (χ1v) is 11.8. The van der Waals surface area contributed by atoms with E-state index in [2.05, 4.69) is 55.6 Å². The Balaban J connectivity index is 1.46. The molecule has 3 aromatic carbocycles. The molecular formula is C29H31NO5. The van der Waals surface area contributed by atoms with Gasteiger partial charge in [0, 0.05) is 35.9 Å². The maximum Gasteiger partial charge on any atom is 0.307 e. The standard InChI is InChI=1S/C29H31NO5/c1-4-33-10-11-34-25-12-19(2)29(20(3)13-25)22-7-5-6-21(14-22)17-30-24-8-9-26-23(15-28(31)32)18-35-27(26)16-24/h5-9,12-14,16,18,30H,4,10-11,15,17H2,1-3H3,(H,31,32). The van der Waals surface area contributed by atoms with E-state index in [0.29, 0.717) is 37.5 Å². The van der Waals surface area contributed by atoms with Crippen molar-refractivity contribution in [3.63, 3.8) is 0 Å². The quantitative estimate of drug-likeness (QED) is 0.246. The number of aryl methyl sites for hydroxylation is 2. The zero-order valence-corrected chi connectivity index (χ0v) is 20.4. The fourth-order valence-corrected chi connectivity index (χ4v) is 4.36. The van der Waals surface area contributed by atoms with Gasteiger partial charge in [-0.2, -0.15) is 0 Å². The van der Waals surface area contributed by atoms with E-state index >= 15 is 0 Å². The summed E-state index contributed by atoms with van der Waals surface area (Å²) >= 11 is 0. The predicted molar refractivity (Wildman–Crippen MR) is 138 cm³/mol. The van der Waals surface area contributed by atoms with Crippen LogP contribution in [0.15, 0.2) is 65.3 Å². The van der Waals surface area contributed by atoms with Gasteiger partial charge in [-0.05, 0) is 78.9 Å². The largest absolute Gasteiger partial charge is 0.491 e. The number of nitrogens with one attached hydrogen (secondary N) is 1. The van der Waals surface area contributed by atoms with E-state index < -0.39 is 5.97 Å². The van der Waals surface area contributed by atoms with Gasteiger partial charge in [-0.25, -0.2) is 0 Å². The van der Waals surface area contributed by atoms with Crippen molar-refractivity contribution in [2.24, 2.45) is 0 Å². The summed E-state index contributed by atoms with van der Waals surface area (Å²) in [6.07, 6.45) is 1.47. The summed E-state index contributed by atoms with van der Waals surface area (Å²) in [5, 5.41) is 13.3. The molecule has 2 N–H and O–H groups in total. The molecule has 0 atom stereocenters. The van der Waals surface area contributed by atoms with Crippen LogP contribution in [0.3, 0.4) is 0 Å². The van der Waals surface area contributed by atoms with Crippen molar-refractivity contribution in [3.8, 4) is 16.9 Å². The number of carboxylic acid groups (broad SMARTS) is 1. The molecule has 4 aromatic rings. The third kappa shape index (κ3) is 6.03. The maximum absolute atomic E-state index is 11.0. The molecule has 0 spiro atoms. The summed E-state index contributed by atoms with van der Waals surface area (Å²) in [6.45, 7) is 8.67.